The van der Waals surface area contributed by atoms with E-state index in [2.05, 4.69) is 15.0 Å². The first kappa shape index (κ1) is 26.6. The number of hydrogen-bond acceptors (Lipinski definition) is 6. The third-order valence-electron chi connectivity index (χ3n) is 5.52. The van der Waals surface area contributed by atoms with Crippen molar-refractivity contribution in [3.8, 4) is 5.75 Å². The highest BCUT2D eigenvalue weighted by atomic mass is 127. The van der Waals surface area contributed by atoms with E-state index in [-0.39, 0.29) is 10.9 Å². The molecular weight excluding hydrogens is 593 g/mol. The smallest absolute Gasteiger partial charge is 0.328 e. The minimum Gasteiger partial charge on any atom is -0.496 e. The molecule has 2 aromatic carbocycles. The predicted molar refractivity (Wildman–Crippen MR) is 140 cm³/mol. The van der Waals surface area contributed by atoms with Gasteiger partial charge in [0.15, 0.2) is 23.0 Å². The highest BCUT2D eigenvalue weighted by molar-refractivity contribution is 14.1. The van der Waals surface area contributed by atoms with E-state index >= 15 is 0 Å². The van der Waals surface area contributed by atoms with E-state index in [9.17, 15) is 13.2 Å². The topological polar surface area (TPSA) is 106 Å². The van der Waals surface area contributed by atoms with Crippen LogP contribution in [0.1, 0.15) is 43.2 Å². The zero-order chi connectivity index (χ0) is 24.6. The summed E-state index contributed by atoms with van der Waals surface area (Å²) in [4.78, 5) is 16.7. The highest BCUT2D eigenvalue weighted by Gasteiger charge is 2.21. The summed E-state index contributed by atoms with van der Waals surface area (Å²) in [5, 5.41) is 3.29. The zero-order valence-corrected chi connectivity index (χ0v) is 22.5. The Kier molecular flexibility index (Phi) is 9.84. The van der Waals surface area contributed by atoms with Gasteiger partial charge in [-0.05, 0) is 55.2 Å². The maximum absolute atomic E-state index is 12.5. The molecule has 11 heteroatoms. The van der Waals surface area contributed by atoms with Crippen molar-refractivity contribution in [2.24, 2.45) is 4.99 Å². The van der Waals surface area contributed by atoms with Crippen LogP contribution in [0.4, 0.5) is 4.79 Å². The van der Waals surface area contributed by atoms with Gasteiger partial charge < -0.3 is 13.1 Å². The number of hydrogen-bond donors (Lipinski definition) is 2. The van der Waals surface area contributed by atoms with Gasteiger partial charge in [-0.25, -0.2) is 17.9 Å². The van der Waals surface area contributed by atoms with Crippen LogP contribution in [0.25, 0.3) is 0 Å². The van der Waals surface area contributed by atoms with Gasteiger partial charge in [-0.15, -0.1) is 0 Å². The van der Waals surface area contributed by atoms with Gasteiger partial charge in [-0.2, -0.15) is 0 Å². The molecule has 1 fully saturated rings. The van der Waals surface area contributed by atoms with Crippen LogP contribution in [-0.4, -0.2) is 40.0 Å². The Labute approximate surface area is 219 Å². The molecule has 1 aliphatic rings. The molecule has 2 amide bonds. The van der Waals surface area contributed by atoms with Crippen molar-refractivity contribution in [2.45, 2.75) is 49.5 Å². The zero-order valence-electron chi connectivity index (χ0n) is 18.7. The molecule has 0 spiro atoms. The monoisotopic (exact) mass is 619 g/mol. The molecule has 1 saturated carbocycles. The van der Waals surface area contributed by atoms with E-state index in [1.54, 1.807) is 60.4 Å². The molecule has 0 radical (unpaired) electrons. The predicted octanol–water partition coefficient (Wildman–Crippen LogP) is 5.03. The lowest BCUT2D eigenvalue weighted by Crippen LogP contribution is -2.45. The Bertz CT molecular complexity index is 1120. The van der Waals surface area contributed by atoms with Crippen molar-refractivity contribution in [1.82, 2.24) is 10.0 Å². The summed E-state index contributed by atoms with van der Waals surface area (Å²) in [6.45, 7) is 0.405. The van der Waals surface area contributed by atoms with Gasteiger partial charge in [0.25, 0.3) is 10.0 Å². The fraction of sp³-hybridized carbons (Fsp3) is 0.391. The number of nitrogens with zero attached hydrogens (tertiary/aromatic N) is 1. The van der Waals surface area contributed by atoms with Crippen LogP contribution >= 0.6 is 34.6 Å². The van der Waals surface area contributed by atoms with Gasteiger partial charge in [0.1, 0.15) is 5.75 Å². The number of methoxy groups -OCH3 is 1. The molecule has 0 saturated heterocycles. The number of aliphatic imine (C=N–C) groups is 1. The van der Waals surface area contributed by atoms with Crippen LogP contribution in [-0.2, 0) is 19.5 Å². The summed E-state index contributed by atoms with van der Waals surface area (Å²) >= 11 is 7.84. The first-order valence-corrected chi connectivity index (χ1v) is 13.7. The third kappa shape index (κ3) is 7.47. The van der Waals surface area contributed by atoms with Crippen molar-refractivity contribution < 1.29 is 21.0 Å². The maximum atomic E-state index is 12.5. The average molecular weight is 620 g/mol. The largest absolute Gasteiger partial charge is 0.496 e. The van der Waals surface area contributed by atoms with Crippen LogP contribution in [0.3, 0.4) is 0 Å². The van der Waals surface area contributed by atoms with Gasteiger partial charge >= 0.3 is 6.03 Å². The number of carbonyl (C=O) groups excluding carboxylic acids is 1. The maximum Gasteiger partial charge on any atom is 0.328 e. The summed E-state index contributed by atoms with van der Waals surface area (Å²) < 4.78 is 37.9. The molecule has 0 aromatic heterocycles. The standard InChI is InChI=1S/C23H27ClIN3O5S/c1-32-21-12-9-17(24)15-20(21)22(33-25)26-14-13-16-7-10-19(11-8-16)34(30,31)28-23(29)27-18-5-3-2-4-6-18/h7-12,15,18H,2-6,13-14H2,1H3,(H2,27,28,29). The Balaban J connectivity index is 1.59. The van der Waals surface area contributed by atoms with E-state index in [0.717, 1.165) is 37.7 Å². The van der Waals surface area contributed by atoms with Crippen molar-refractivity contribution in [2.75, 3.05) is 13.7 Å². The van der Waals surface area contributed by atoms with Crippen molar-refractivity contribution in [3.05, 3.63) is 58.6 Å². The summed E-state index contributed by atoms with van der Waals surface area (Å²) in [5.74, 6) is 0.974. The molecule has 1 aliphatic carbocycles. The summed E-state index contributed by atoms with van der Waals surface area (Å²) in [5.41, 5.74) is 1.53. The molecule has 0 atom stereocenters. The second kappa shape index (κ2) is 12.6. The molecule has 34 heavy (non-hydrogen) atoms. The fourth-order valence-corrected chi connectivity index (χ4v) is 5.23. The molecule has 3 rings (SSSR count). The van der Waals surface area contributed by atoms with E-state index in [4.69, 9.17) is 19.4 Å². The molecule has 184 valence electrons. The Morgan fingerprint density at radius 1 is 1.15 bits per heavy atom. The number of amides is 2. The van der Waals surface area contributed by atoms with Crippen LogP contribution in [0.2, 0.25) is 5.02 Å². The number of carbonyl (C=O) groups is 1. The van der Waals surface area contributed by atoms with Crippen molar-refractivity contribution in [1.29, 1.82) is 0 Å². The van der Waals surface area contributed by atoms with Gasteiger partial charge in [0, 0.05) is 17.6 Å². The van der Waals surface area contributed by atoms with Gasteiger partial charge in [0.05, 0.1) is 17.6 Å². The van der Waals surface area contributed by atoms with Crippen LogP contribution < -0.4 is 14.8 Å². The minimum absolute atomic E-state index is 0.0233. The molecule has 2 aromatic rings. The third-order valence-corrected chi connectivity index (χ3v) is 7.52. The lowest BCUT2D eigenvalue weighted by Gasteiger charge is -2.22. The van der Waals surface area contributed by atoms with E-state index < -0.39 is 16.1 Å². The molecule has 2 N–H and O–H groups in total. The number of sulfonamides is 1. The first-order valence-electron chi connectivity index (χ1n) is 10.9. The van der Waals surface area contributed by atoms with Crippen molar-refractivity contribution in [3.63, 3.8) is 0 Å². The van der Waals surface area contributed by atoms with E-state index in [1.165, 1.54) is 12.1 Å². The first-order chi connectivity index (χ1) is 16.3. The van der Waals surface area contributed by atoms with Crippen LogP contribution in [0.5, 0.6) is 5.75 Å². The molecule has 0 bridgehead atoms. The minimum atomic E-state index is -3.95. The summed E-state index contributed by atoms with van der Waals surface area (Å²) in [6.07, 6.45) is 5.54. The molecule has 0 heterocycles. The number of benzene rings is 2. The van der Waals surface area contributed by atoms with Crippen LogP contribution in [0.15, 0.2) is 52.4 Å². The van der Waals surface area contributed by atoms with Gasteiger partial charge in [0.2, 0.25) is 5.90 Å². The van der Waals surface area contributed by atoms with Gasteiger partial charge in [-0.1, -0.05) is 43.0 Å². The van der Waals surface area contributed by atoms with Crippen molar-refractivity contribution >= 4 is 56.6 Å². The lowest BCUT2D eigenvalue weighted by molar-refractivity contribution is 0.237. The molecule has 0 aliphatic heterocycles. The van der Waals surface area contributed by atoms with Gasteiger partial charge in [-0.3, -0.25) is 4.99 Å². The normalized spacial score (nSPS) is 15.0. The Hall–Kier alpha value is -2.05. The quantitative estimate of drug-likeness (QED) is 0.245. The number of urea groups is 1. The molecule has 8 nitrogen and oxygen atoms in total. The Morgan fingerprint density at radius 3 is 2.50 bits per heavy atom. The SMILES string of the molecule is COc1ccc(Cl)cc1C(=NCCc1ccc(S(=O)(=O)NC(=O)NC2CCCCC2)cc1)OI. The summed E-state index contributed by atoms with van der Waals surface area (Å²) in [6, 6.07) is 10.9. The molecule has 0 unspecified atom stereocenters. The number of rotatable bonds is 8. The second-order valence-corrected chi connectivity index (χ2v) is 10.5. The second-order valence-electron chi connectivity index (χ2n) is 7.92. The van der Waals surface area contributed by atoms with E-state index in [0.29, 0.717) is 35.2 Å². The average Bonchev–Trinajstić information content (AvgIpc) is 2.82. The van der Waals surface area contributed by atoms with E-state index in [1.807, 2.05) is 0 Å². The number of nitrogens with one attached hydrogen (secondary N) is 2. The molecular formula is C23H27ClIN3O5S. The lowest BCUT2D eigenvalue weighted by atomic mass is 9.96. The number of ether oxygens (including phenoxy) is 1. The highest BCUT2D eigenvalue weighted by Crippen LogP contribution is 2.25. The van der Waals surface area contributed by atoms with Crippen LogP contribution in [0, 0.1) is 0 Å². The summed E-state index contributed by atoms with van der Waals surface area (Å²) in [7, 11) is -2.39. The Morgan fingerprint density at radius 2 is 1.85 bits per heavy atom. The number of halogens is 2. The fourth-order valence-electron chi connectivity index (χ4n) is 3.76.